The number of ketones is 2. The van der Waals surface area contributed by atoms with Crippen molar-refractivity contribution in [1.29, 1.82) is 0 Å². The van der Waals surface area contributed by atoms with Gasteiger partial charge in [0.15, 0.2) is 31.8 Å². The monoisotopic (exact) mass is 898 g/mol. The highest BCUT2D eigenvalue weighted by atomic mass is 31.2. The normalized spacial score (nSPS) is 38.2. The van der Waals surface area contributed by atoms with E-state index in [0.717, 1.165) is 16.8 Å². The molecule has 6 rings (SSSR count). The van der Waals surface area contributed by atoms with Crippen LogP contribution in [0.5, 0.6) is 0 Å². The molecule has 0 radical (unpaired) electrons. The van der Waals surface area contributed by atoms with Gasteiger partial charge in [0.1, 0.15) is 37.1 Å². The van der Waals surface area contributed by atoms with Crippen LogP contribution < -0.4 is 22.3 Å². The molecular weight excluding hydrogens is 839 g/mol. The van der Waals surface area contributed by atoms with Crippen molar-refractivity contribution in [3.8, 4) is 0 Å². The first-order valence-electron chi connectivity index (χ1n) is 20.6. The maximum atomic E-state index is 17.7. The van der Waals surface area contributed by atoms with Crippen LogP contribution in [0, 0.1) is 28.6 Å². The maximum Gasteiger partial charge on any atom is 0.473 e. The number of halogens is 1. The standard InChI is InChI=1S/C40H60FN4O14PSi/c1-22-17-26-25-10-9-23-18-24(46)11-13-37(23,5)39(25,41)28(47)19-38(26,6)40(22,52)29(48)21-56-60(53,54)58-31-27(20-55-35(51)43-15-14-42)57-33(45-16-12-30(49)44-34(45)50)32(31)59-61(7,8)36(2,3)4/h11-13,16,18,22,25-28,31-33,47,52H,9-10,14-15,17,19-21,42H2,1-8H3,(H,43,51)(H,53,54)(H,44,49,50)/t22-,25+,26+,27-,28?,31-,32-,33-,37+,38?,39+,40+/m1/s1. The molecule has 5 aliphatic rings. The van der Waals surface area contributed by atoms with Crippen LogP contribution in [-0.2, 0) is 37.1 Å². The second-order valence-electron chi connectivity index (χ2n) is 19.1. The Balaban J connectivity index is 1.27. The largest absolute Gasteiger partial charge is 0.473 e. The minimum atomic E-state index is -5.35. The Hall–Kier alpha value is -3.17. The van der Waals surface area contributed by atoms with Gasteiger partial charge in [0.05, 0.1) is 6.10 Å². The Kier molecular flexibility index (Phi) is 12.7. The van der Waals surface area contributed by atoms with E-state index in [2.05, 4.69) is 10.3 Å². The summed E-state index contributed by atoms with van der Waals surface area (Å²) in [7, 11) is -8.22. The molecule has 1 amide bonds. The number of alkyl halides is 1. The van der Waals surface area contributed by atoms with Crippen LogP contribution in [0.4, 0.5) is 9.18 Å². The van der Waals surface area contributed by atoms with E-state index in [4.69, 9.17) is 28.7 Å². The number of allylic oxidation sites excluding steroid dienone is 4. The van der Waals surface area contributed by atoms with Gasteiger partial charge in [-0.25, -0.2) is 18.5 Å². The van der Waals surface area contributed by atoms with Gasteiger partial charge in [-0.1, -0.05) is 46.3 Å². The number of phosphoric acid groups is 1. The summed E-state index contributed by atoms with van der Waals surface area (Å²) in [6.07, 6.45) is -2.42. The molecule has 2 heterocycles. The summed E-state index contributed by atoms with van der Waals surface area (Å²) < 4.78 is 62.0. The Bertz CT molecular complexity index is 2140. The SMILES string of the molecule is C[C@@H]1C[C@H]2[C@@H]3CCC4=CC(=O)C=C[C@]4(C)[C@@]3(F)C(O)CC2(C)[C@@]1(O)C(=O)COP(=O)(O)O[C@H]1[C@@H](O[Si](C)(C)C(C)(C)C)[C@H](n2ccc(=O)[nH]c2=O)O[C@@H]1COC(=O)NCCN. The Labute approximate surface area is 354 Å². The molecule has 1 aromatic heterocycles. The van der Waals surface area contributed by atoms with E-state index in [1.54, 1.807) is 20.8 Å². The Morgan fingerprint density at radius 3 is 2.51 bits per heavy atom. The van der Waals surface area contributed by atoms with Gasteiger partial charge in [0, 0.05) is 42.1 Å². The topological polar surface area (TPSA) is 268 Å². The first-order valence-corrected chi connectivity index (χ1v) is 25.1. The molecule has 4 aliphatic carbocycles. The fourth-order valence-corrected chi connectivity index (χ4v) is 12.6. The van der Waals surface area contributed by atoms with Gasteiger partial charge in [-0.3, -0.25) is 33.0 Å². The number of fused-ring (bicyclic) bond motifs is 5. The lowest BCUT2D eigenvalue weighted by molar-refractivity contribution is -0.219. The molecule has 13 atom stereocenters. The number of aliphatic hydroxyl groups is 2. The minimum Gasteiger partial charge on any atom is -0.447 e. The van der Waals surface area contributed by atoms with Crippen molar-refractivity contribution in [3.05, 3.63) is 56.9 Å². The third kappa shape index (κ3) is 8.03. The molecule has 0 aromatic carbocycles. The lowest BCUT2D eigenvalue weighted by Gasteiger charge is -2.62. The number of hydrogen-bond acceptors (Lipinski definition) is 14. The number of alkyl carbamates (subject to hydrolysis) is 1. The summed E-state index contributed by atoms with van der Waals surface area (Å²) in [5, 5.41) is 26.1. The van der Waals surface area contributed by atoms with Crippen LogP contribution in [0.1, 0.15) is 73.5 Å². The van der Waals surface area contributed by atoms with E-state index in [1.807, 2.05) is 33.9 Å². The van der Waals surface area contributed by atoms with Crippen molar-refractivity contribution in [2.24, 2.45) is 34.3 Å². The molecule has 340 valence electrons. The smallest absolute Gasteiger partial charge is 0.447 e. The zero-order valence-corrected chi connectivity index (χ0v) is 37.7. The number of H-pyrrole nitrogens is 1. The number of ether oxygens (including phenoxy) is 2. The average Bonchev–Trinajstić information content (AvgIpc) is 3.58. The molecule has 3 saturated carbocycles. The van der Waals surface area contributed by atoms with Gasteiger partial charge in [0.2, 0.25) is 0 Å². The Morgan fingerprint density at radius 2 is 1.87 bits per heavy atom. The van der Waals surface area contributed by atoms with Crippen molar-refractivity contribution >= 4 is 33.8 Å². The minimum absolute atomic E-state index is 0.0701. The van der Waals surface area contributed by atoms with E-state index in [1.165, 1.54) is 18.2 Å². The molecule has 4 fully saturated rings. The van der Waals surface area contributed by atoms with Crippen LogP contribution >= 0.6 is 7.82 Å². The van der Waals surface area contributed by atoms with E-state index >= 15 is 4.39 Å². The maximum absolute atomic E-state index is 17.7. The zero-order chi connectivity index (χ0) is 45.3. The van der Waals surface area contributed by atoms with E-state index in [9.17, 15) is 43.6 Å². The fraction of sp³-hybridized carbons (Fsp3) is 0.725. The second kappa shape index (κ2) is 16.4. The number of nitrogens with two attached hydrogens (primary N) is 1. The highest BCUT2D eigenvalue weighted by Gasteiger charge is 2.75. The lowest BCUT2D eigenvalue weighted by Crippen LogP contribution is -2.69. The number of rotatable bonds is 13. The van der Waals surface area contributed by atoms with Crippen LogP contribution in [-0.4, -0.2) is 113 Å². The van der Waals surface area contributed by atoms with Gasteiger partial charge in [-0.05, 0) is 74.7 Å². The van der Waals surface area contributed by atoms with Gasteiger partial charge >= 0.3 is 19.6 Å². The van der Waals surface area contributed by atoms with E-state index < -0.39 is 128 Å². The summed E-state index contributed by atoms with van der Waals surface area (Å²) in [6, 6.07) is 1.07. The molecule has 7 N–H and O–H groups in total. The number of nitrogens with one attached hydrogen (secondary N) is 2. The fourth-order valence-electron chi connectivity index (χ4n) is 10.4. The molecule has 21 heteroatoms. The van der Waals surface area contributed by atoms with Crippen molar-refractivity contribution in [3.63, 3.8) is 0 Å². The quantitative estimate of drug-likeness (QED) is 0.123. The van der Waals surface area contributed by atoms with Crippen molar-refractivity contribution in [1.82, 2.24) is 14.9 Å². The summed E-state index contributed by atoms with van der Waals surface area (Å²) in [5.41, 5.74) is -2.69. The third-order valence-corrected chi connectivity index (χ3v) is 20.1. The van der Waals surface area contributed by atoms with Crippen molar-refractivity contribution in [2.45, 2.75) is 127 Å². The van der Waals surface area contributed by atoms with Crippen LogP contribution in [0.3, 0.4) is 0 Å². The van der Waals surface area contributed by atoms with E-state index in [0.29, 0.717) is 12.0 Å². The summed E-state index contributed by atoms with van der Waals surface area (Å²) in [6.45, 7) is 12.9. The van der Waals surface area contributed by atoms with Gasteiger partial charge in [-0.15, -0.1) is 0 Å². The highest BCUT2D eigenvalue weighted by Crippen LogP contribution is 2.71. The first-order chi connectivity index (χ1) is 28.2. The first kappa shape index (κ1) is 47.3. The third-order valence-electron chi connectivity index (χ3n) is 14.7. The number of carbonyl (C=O) groups is 3. The predicted octanol–water partition coefficient (Wildman–Crippen LogP) is 2.93. The van der Waals surface area contributed by atoms with Crippen LogP contribution in [0.15, 0.2) is 45.7 Å². The average molecular weight is 899 g/mol. The molecule has 61 heavy (non-hydrogen) atoms. The molecule has 3 unspecified atom stereocenters. The van der Waals surface area contributed by atoms with Crippen LogP contribution in [0.25, 0.3) is 0 Å². The number of aromatic nitrogens is 2. The van der Waals surface area contributed by atoms with Crippen LogP contribution in [0.2, 0.25) is 18.1 Å². The van der Waals surface area contributed by atoms with Gasteiger partial charge in [-0.2, -0.15) is 0 Å². The molecule has 0 spiro atoms. The number of aromatic amines is 1. The van der Waals surface area contributed by atoms with Crippen molar-refractivity contribution < 1.29 is 61.4 Å². The molecule has 18 nitrogen and oxygen atoms in total. The molecule has 0 bridgehead atoms. The van der Waals surface area contributed by atoms with Gasteiger partial charge < -0.3 is 40.1 Å². The second-order valence-corrected chi connectivity index (χ2v) is 25.3. The molecule has 1 saturated heterocycles. The van der Waals surface area contributed by atoms with E-state index in [-0.39, 0.29) is 38.1 Å². The summed E-state index contributed by atoms with van der Waals surface area (Å²) >= 11 is 0. The number of Topliss-reactive ketones (excluding diaryl/α,β-unsaturated/α-hetero) is 1. The number of aliphatic hydroxyl groups excluding tert-OH is 1. The molecule has 1 aromatic rings. The summed E-state index contributed by atoms with van der Waals surface area (Å²) in [5.74, 6) is -3.46. The number of nitrogens with zero attached hydrogens (tertiary/aromatic N) is 1. The molecule has 1 aliphatic heterocycles. The molecular formula is C40H60FN4O14PSi. The van der Waals surface area contributed by atoms with Gasteiger partial charge in [0.25, 0.3) is 5.56 Å². The Morgan fingerprint density at radius 1 is 1.18 bits per heavy atom. The lowest BCUT2D eigenvalue weighted by atomic mass is 9.44. The van der Waals surface area contributed by atoms with Crippen molar-refractivity contribution in [2.75, 3.05) is 26.3 Å². The summed E-state index contributed by atoms with van der Waals surface area (Å²) in [4.78, 5) is 77.6. The number of phosphoric ester groups is 1. The number of carbonyl (C=O) groups excluding carboxylic acids is 3. The zero-order valence-electron chi connectivity index (χ0n) is 35.8. The predicted molar refractivity (Wildman–Crippen MR) is 219 cm³/mol. The number of hydrogen-bond donors (Lipinski definition) is 6. The highest BCUT2D eigenvalue weighted by molar-refractivity contribution is 7.47. The number of amides is 1.